The summed E-state index contributed by atoms with van der Waals surface area (Å²) in [5, 5.41) is 2.81. The number of halogens is 2. The fourth-order valence-electron chi connectivity index (χ4n) is 2.76. The van der Waals surface area contributed by atoms with Gasteiger partial charge in [0.25, 0.3) is 0 Å². The number of aryl methyl sites for hydroxylation is 2. The van der Waals surface area contributed by atoms with Crippen LogP contribution in [-0.2, 0) is 0 Å². The molecule has 0 amide bonds. The Morgan fingerprint density at radius 2 is 1.88 bits per heavy atom. The molecule has 0 unspecified atom stereocenters. The van der Waals surface area contributed by atoms with Crippen molar-refractivity contribution in [3.63, 3.8) is 0 Å². The molecule has 0 atom stereocenters. The standard InChI is InChI=1S/C19H21BrClN3O/c1-13-8-19(25-17-10-15(20)9-16(21)11-17)14(2)7-18(13)22-12-23-24-5-3-4-6-24/h7-12H,3-6H2,1-2H3,(H,22,23). The molecular formula is C19H21BrClN3O. The number of hydrogen-bond acceptors (Lipinski definition) is 3. The molecule has 2 aromatic carbocycles. The van der Waals surface area contributed by atoms with E-state index in [0.29, 0.717) is 10.8 Å². The summed E-state index contributed by atoms with van der Waals surface area (Å²) >= 11 is 9.52. The molecule has 0 bridgehead atoms. The average Bonchev–Trinajstić information content (AvgIpc) is 3.04. The number of aliphatic imine (C=N–C) groups is 1. The second kappa shape index (κ2) is 8.21. The van der Waals surface area contributed by atoms with Crippen molar-refractivity contribution in [3.05, 3.63) is 51.0 Å². The van der Waals surface area contributed by atoms with Gasteiger partial charge in [-0.2, -0.15) is 0 Å². The van der Waals surface area contributed by atoms with Crippen LogP contribution in [-0.4, -0.2) is 24.4 Å². The van der Waals surface area contributed by atoms with E-state index >= 15 is 0 Å². The first-order valence-electron chi connectivity index (χ1n) is 8.30. The quantitative estimate of drug-likeness (QED) is 0.491. The van der Waals surface area contributed by atoms with Crippen LogP contribution in [0.5, 0.6) is 11.5 Å². The molecule has 1 saturated heterocycles. The van der Waals surface area contributed by atoms with Gasteiger partial charge in [0.05, 0.1) is 5.69 Å². The van der Waals surface area contributed by atoms with Crippen LogP contribution >= 0.6 is 27.5 Å². The van der Waals surface area contributed by atoms with E-state index in [1.54, 1.807) is 12.4 Å². The van der Waals surface area contributed by atoms with Crippen LogP contribution in [0.2, 0.25) is 5.02 Å². The van der Waals surface area contributed by atoms with Crippen LogP contribution in [0.25, 0.3) is 0 Å². The summed E-state index contributed by atoms with van der Waals surface area (Å²) in [6, 6.07) is 9.57. The summed E-state index contributed by atoms with van der Waals surface area (Å²) in [4.78, 5) is 4.54. The molecule has 1 N–H and O–H groups in total. The van der Waals surface area contributed by atoms with Gasteiger partial charge in [0.15, 0.2) is 0 Å². The van der Waals surface area contributed by atoms with E-state index in [1.165, 1.54) is 12.8 Å². The van der Waals surface area contributed by atoms with Gasteiger partial charge in [0, 0.05) is 22.6 Å². The number of ether oxygens (including phenoxy) is 1. The fourth-order valence-corrected chi connectivity index (χ4v) is 3.59. The molecule has 0 radical (unpaired) electrons. The highest BCUT2D eigenvalue weighted by atomic mass is 79.9. The second-order valence-electron chi connectivity index (χ2n) is 6.19. The zero-order valence-electron chi connectivity index (χ0n) is 14.4. The van der Waals surface area contributed by atoms with Crippen LogP contribution in [0.1, 0.15) is 24.0 Å². The van der Waals surface area contributed by atoms with Gasteiger partial charge in [0.2, 0.25) is 0 Å². The van der Waals surface area contributed by atoms with Gasteiger partial charge >= 0.3 is 0 Å². The lowest BCUT2D eigenvalue weighted by molar-refractivity contribution is 0.300. The first kappa shape index (κ1) is 18.2. The van der Waals surface area contributed by atoms with Gasteiger partial charge in [-0.3, -0.25) is 0 Å². The van der Waals surface area contributed by atoms with E-state index in [-0.39, 0.29) is 0 Å². The van der Waals surface area contributed by atoms with Crippen molar-refractivity contribution in [2.45, 2.75) is 26.7 Å². The van der Waals surface area contributed by atoms with Crippen LogP contribution in [0, 0.1) is 13.8 Å². The Morgan fingerprint density at radius 3 is 2.60 bits per heavy atom. The Kier molecular flexibility index (Phi) is 5.99. The topological polar surface area (TPSA) is 36.9 Å². The molecule has 0 aliphatic carbocycles. The molecule has 1 fully saturated rings. The summed E-state index contributed by atoms with van der Waals surface area (Å²) in [7, 11) is 0. The lowest BCUT2D eigenvalue weighted by atomic mass is 10.1. The van der Waals surface area contributed by atoms with E-state index < -0.39 is 0 Å². The Bertz CT molecular complexity index is 768. The molecule has 1 aliphatic heterocycles. The maximum atomic E-state index is 6.08. The first-order valence-corrected chi connectivity index (χ1v) is 9.47. The summed E-state index contributed by atoms with van der Waals surface area (Å²) in [5.74, 6) is 1.51. The van der Waals surface area contributed by atoms with Crippen molar-refractivity contribution in [3.8, 4) is 11.5 Å². The minimum Gasteiger partial charge on any atom is -0.457 e. The molecule has 132 valence electrons. The number of nitrogens with one attached hydrogen (secondary N) is 1. The van der Waals surface area contributed by atoms with Gasteiger partial charge in [-0.05, 0) is 68.1 Å². The normalized spacial score (nSPS) is 15.0. The Hall–Kier alpha value is -1.56. The molecular weight excluding hydrogens is 402 g/mol. The zero-order chi connectivity index (χ0) is 17.8. The molecule has 0 aromatic heterocycles. The Balaban J connectivity index is 1.73. The van der Waals surface area contributed by atoms with Gasteiger partial charge in [-0.25, -0.2) is 10.0 Å². The third kappa shape index (κ3) is 4.97. The summed E-state index contributed by atoms with van der Waals surface area (Å²) < 4.78 is 6.89. The maximum absolute atomic E-state index is 6.08. The van der Waals surface area contributed by atoms with Crippen LogP contribution in [0.3, 0.4) is 0 Å². The highest BCUT2D eigenvalue weighted by Gasteiger charge is 2.10. The third-order valence-electron chi connectivity index (χ3n) is 4.11. The first-order chi connectivity index (χ1) is 12.0. The molecule has 0 spiro atoms. The lowest BCUT2D eigenvalue weighted by Crippen LogP contribution is -2.33. The largest absolute Gasteiger partial charge is 0.457 e. The molecule has 25 heavy (non-hydrogen) atoms. The SMILES string of the molecule is Cc1cc(Oc2cc(Cl)cc(Br)c2)c(C)cc1/N=C/NN1CCCC1. The van der Waals surface area contributed by atoms with Crippen LogP contribution in [0.15, 0.2) is 39.8 Å². The molecule has 2 aromatic rings. The van der Waals surface area contributed by atoms with Crippen LogP contribution < -0.4 is 10.2 Å². The summed E-state index contributed by atoms with van der Waals surface area (Å²) in [5.41, 5.74) is 6.25. The van der Waals surface area contributed by atoms with Crippen molar-refractivity contribution in [1.29, 1.82) is 0 Å². The second-order valence-corrected chi connectivity index (χ2v) is 7.54. The predicted octanol–water partition coefficient (Wildman–Crippen LogP) is 5.77. The Labute approximate surface area is 161 Å². The van der Waals surface area contributed by atoms with Crippen LogP contribution in [0.4, 0.5) is 5.69 Å². The minimum atomic E-state index is 0.632. The number of nitrogens with zero attached hydrogens (tertiary/aromatic N) is 2. The maximum Gasteiger partial charge on any atom is 0.130 e. The monoisotopic (exact) mass is 421 g/mol. The minimum absolute atomic E-state index is 0.632. The number of hydrazine groups is 1. The van der Waals surface area contributed by atoms with Gasteiger partial charge < -0.3 is 10.2 Å². The third-order valence-corrected chi connectivity index (χ3v) is 4.78. The predicted molar refractivity (Wildman–Crippen MR) is 107 cm³/mol. The summed E-state index contributed by atoms with van der Waals surface area (Å²) in [6.07, 6.45) is 4.25. The number of hydrogen-bond donors (Lipinski definition) is 1. The van der Waals surface area contributed by atoms with Gasteiger partial charge in [-0.1, -0.05) is 27.5 Å². The van der Waals surface area contributed by atoms with Crippen molar-refractivity contribution >= 4 is 39.6 Å². The zero-order valence-corrected chi connectivity index (χ0v) is 16.7. The molecule has 1 aliphatic rings. The van der Waals surface area contributed by atoms with Gasteiger partial charge in [-0.15, -0.1) is 0 Å². The fraction of sp³-hybridized carbons (Fsp3) is 0.316. The summed E-state index contributed by atoms with van der Waals surface area (Å²) in [6.45, 7) is 6.20. The van der Waals surface area contributed by atoms with E-state index in [0.717, 1.165) is 40.1 Å². The highest BCUT2D eigenvalue weighted by molar-refractivity contribution is 9.10. The molecule has 4 nitrogen and oxygen atoms in total. The van der Waals surface area contributed by atoms with E-state index in [4.69, 9.17) is 16.3 Å². The molecule has 1 heterocycles. The molecule has 6 heteroatoms. The number of rotatable bonds is 5. The van der Waals surface area contributed by atoms with Crippen molar-refractivity contribution in [2.75, 3.05) is 13.1 Å². The van der Waals surface area contributed by atoms with E-state index in [2.05, 4.69) is 31.4 Å². The van der Waals surface area contributed by atoms with Crippen molar-refractivity contribution < 1.29 is 4.74 Å². The smallest absolute Gasteiger partial charge is 0.130 e. The van der Waals surface area contributed by atoms with Crippen molar-refractivity contribution in [1.82, 2.24) is 10.4 Å². The molecule has 3 rings (SSSR count). The van der Waals surface area contributed by atoms with Gasteiger partial charge in [0.1, 0.15) is 17.8 Å². The Morgan fingerprint density at radius 1 is 1.12 bits per heavy atom. The van der Waals surface area contributed by atoms with E-state index in [9.17, 15) is 0 Å². The average molecular weight is 423 g/mol. The molecule has 0 saturated carbocycles. The lowest BCUT2D eigenvalue weighted by Gasteiger charge is -2.14. The van der Waals surface area contributed by atoms with E-state index in [1.807, 2.05) is 38.1 Å². The van der Waals surface area contributed by atoms with Crippen molar-refractivity contribution in [2.24, 2.45) is 4.99 Å². The number of benzene rings is 2. The highest BCUT2D eigenvalue weighted by Crippen LogP contribution is 2.33.